The van der Waals surface area contributed by atoms with Gasteiger partial charge in [0, 0.05) is 29.3 Å². The van der Waals surface area contributed by atoms with Crippen molar-refractivity contribution in [2.75, 3.05) is 6.61 Å². The molecule has 0 bridgehead atoms. The van der Waals surface area contributed by atoms with Crippen molar-refractivity contribution in [2.24, 2.45) is 16.3 Å². The monoisotopic (exact) mass is 381 g/mol. The van der Waals surface area contributed by atoms with Gasteiger partial charge in [0.1, 0.15) is 5.92 Å². The Kier molecular flexibility index (Phi) is 5.87. The van der Waals surface area contributed by atoms with Crippen molar-refractivity contribution >= 4 is 17.5 Å². The number of esters is 1. The van der Waals surface area contributed by atoms with E-state index < -0.39 is 5.92 Å². The van der Waals surface area contributed by atoms with E-state index in [4.69, 9.17) is 9.73 Å². The molecule has 0 saturated heterocycles. The van der Waals surface area contributed by atoms with Crippen LogP contribution < -0.4 is 0 Å². The largest absolute Gasteiger partial charge is 0.465 e. The Morgan fingerprint density at radius 3 is 2.50 bits per heavy atom. The van der Waals surface area contributed by atoms with Crippen LogP contribution in [0.1, 0.15) is 70.4 Å². The van der Waals surface area contributed by atoms with Crippen molar-refractivity contribution in [3.05, 3.63) is 46.7 Å². The maximum Gasteiger partial charge on any atom is 0.315 e. The molecule has 3 rings (SSSR count). The van der Waals surface area contributed by atoms with E-state index in [1.807, 2.05) is 38.1 Å². The summed E-state index contributed by atoms with van der Waals surface area (Å²) in [7, 11) is 0. The predicted octanol–water partition coefficient (Wildman–Crippen LogP) is 5.16. The summed E-state index contributed by atoms with van der Waals surface area (Å²) in [6.07, 6.45) is 3.05. The lowest BCUT2D eigenvalue weighted by molar-refractivity contribution is -0.146. The van der Waals surface area contributed by atoms with Gasteiger partial charge >= 0.3 is 5.97 Å². The number of Topliss-reactive ketones (excluding diaryl/α,β-unsaturated/α-hetero) is 1. The summed E-state index contributed by atoms with van der Waals surface area (Å²) < 4.78 is 5.57. The van der Waals surface area contributed by atoms with Crippen LogP contribution in [-0.2, 0) is 14.3 Å². The fourth-order valence-electron chi connectivity index (χ4n) is 4.29. The van der Waals surface area contributed by atoms with Gasteiger partial charge in [0.2, 0.25) is 0 Å². The molecule has 0 fully saturated rings. The number of allylic oxidation sites excluding steroid dienone is 2. The highest BCUT2D eigenvalue weighted by atomic mass is 16.5. The maximum absolute atomic E-state index is 13.2. The van der Waals surface area contributed by atoms with E-state index >= 15 is 0 Å². The van der Waals surface area contributed by atoms with Gasteiger partial charge in [-0.25, -0.2) is 0 Å². The molecule has 2 aliphatic rings. The fourth-order valence-corrected chi connectivity index (χ4v) is 4.29. The molecule has 150 valence electrons. The van der Waals surface area contributed by atoms with Crippen LogP contribution in [0.3, 0.4) is 0 Å². The number of hydrogen-bond donors (Lipinski definition) is 0. The summed E-state index contributed by atoms with van der Waals surface area (Å²) in [6, 6.07) is 8.13. The Bertz CT molecular complexity index is 830. The van der Waals surface area contributed by atoms with Crippen LogP contribution in [-0.4, -0.2) is 24.1 Å². The van der Waals surface area contributed by atoms with E-state index in [1.54, 1.807) is 0 Å². The number of carbonyl (C=O) groups excluding carboxylic acids is 2. The van der Waals surface area contributed by atoms with Gasteiger partial charge in [0.15, 0.2) is 5.78 Å². The zero-order valence-electron chi connectivity index (χ0n) is 17.7. The molecule has 2 atom stereocenters. The fraction of sp³-hybridized carbons (Fsp3) is 0.542. The van der Waals surface area contributed by atoms with Crippen LogP contribution in [0.2, 0.25) is 0 Å². The summed E-state index contributed by atoms with van der Waals surface area (Å²) in [5, 5.41) is 0. The van der Waals surface area contributed by atoms with Crippen LogP contribution >= 0.6 is 0 Å². The summed E-state index contributed by atoms with van der Waals surface area (Å²) in [5.74, 6) is -1.02. The normalized spacial score (nSPS) is 23.9. The smallest absolute Gasteiger partial charge is 0.315 e. The summed E-state index contributed by atoms with van der Waals surface area (Å²) >= 11 is 0. The first kappa shape index (κ1) is 20.5. The van der Waals surface area contributed by atoms with Crippen molar-refractivity contribution < 1.29 is 14.3 Å². The molecule has 28 heavy (non-hydrogen) atoms. The number of aliphatic imine (C=N–C) groups is 1. The highest BCUT2D eigenvalue weighted by Crippen LogP contribution is 2.47. The first-order chi connectivity index (χ1) is 13.2. The van der Waals surface area contributed by atoms with Crippen molar-refractivity contribution in [1.82, 2.24) is 0 Å². The zero-order valence-corrected chi connectivity index (χ0v) is 17.7. The lowest BCUT2D eigenvalue weighted by atomic mass is 9.67. The van der Waals surface area contributed by atoms with Crippen molar-refractivity contribution in [3.8, 4) is 0 Å². The topological polar surface area (TPSA) is 55.7 Å². The molecule has 4 nitrogen and oxygen atoms in total. The van der Waals surface area contributed by atoms with Gasteiger partial charge < -0.3 is 4.74 Å². The van der Waals surface area contributed by atoms with Gasteiger partial charge in [-0.05, 0) is 37.7 Å². The minimum Gasteiger partial charge on any atom is -0.465 e. The van der Waals surface area contributed by atoms with Gasteiger partial charge in [-0.3, -0.25) is 14.6 Å². The third kappa shape index (κ3) is 4.11. The molecule has 0 radical (unpaired) electrons. The highest BCUT2D eigenvalue weighted by molar-refractivity contribution is 6.09. The van der Waals surface area contributed by atoms with Gasteiger partial charge in [0.05, 0.1) is 6.61 Å². The molecule has 0 aromatic heterocycles. The Morgan fingerprint density at radius 1 is 1.18 bits per heavy atom. The van der Waals surface area contributed by atoms with Gasteiger partial charge in [-0.1, -0.05) is 57.0 Å². The van der Waals surface area contributed by atoms with Crippen molar-refractivity contribution in [3.63, 3.8) is 0 Å². The highest BCUT2D eigenvalue weighted by Gasteiger charge is 2.45. The molecular weight excluding hydrogens is 350 g/mol. The molecule has 0 saturated carbocycles. The molecule has 1 heterocycles. The van der Waals surface area contributed by atoms with E-state index in [1.165, 1.54) is 0 Å². The van der Waals surface area contributed by atoms with E-state index in [0.717, 1.165) is 41.8 Å². The number of ether oxygens (including phenoxy) is 1. The lowest BCUT2D eigenvalue weighted by Gasteiger charge is -2.39. The number of benzene rings is 1. The molecule has 1 aliphatic carbocycles. The maximum atomic E-state index is 13.2. The summed E-state index contributed by atoms with van der Waals surface area (Å²) in [5.41, 5.74) is 4.34. The number of hydrogen-bond acceptors (Lipinski definition) is 4. The SMILES string of the molecule is CCCCOC(=O)C1C(C)=NC2=C(C(=O)CC(C)(C)C2)[C@@H]1c1ccc(C)cc1. The third-order valence-corrected chi connectivity index (χ3v) is 5.73. The van der Waals surface area contributed by atoms with E-state index in [-0.39, 0.29) is 23.1 Å². The molecule has 1 aromatic rings. The first-order valence-electron chi connectivity index (χ1n) is 10.3. The third-order valence-electron chi connectivity index (χ3n) is 5.73. The average Bonchev–Trinajstić information content (AvgIpc) is 2.60. The van der Waals surface area contributed by atoms with Crippen LogP contribution in [0.4, 0.5) is 0 Å². The van der Waals surface area contributed by atoms with Gasteiger partial charge in [0.25, 0.3) is 0 Å². The molecule has 0 amide bonds. The van der Waals surface area contributed by atoms with Crippen LogP contribution in [0.25, 0.3) is 0 Å². The molecule has 1 unspecified atom stereocenters. The zero-order chi connectivity index (χ0) is 20.5. The number of nitrogens with zero attached hydrogens (tertiary/aromatic N) is 1. The number of rotatable bonds is 5. The molecule has 0 spiro atoms. The van der Waals surface area contributed by atoms with Crippen LogP contribution in [0.5, 0.6) is 0 Å². The van der Waals surface area contributed by atoms with Crippen LogP contribution in [0.15, 0.2) is 40.5 Å². The Morgan fingerprint density at radius 2 is 1.86 bits per heavy atom. The van der Waals surface area contributed by atoms with Gasteiger partial charge in [-0.2, -0.15) is 0 Å². The number of aryl methyl sites for hydroxylation is 1. The Balaban J connectivity index is 2.06. The van der Waals surface area contributed by atoms with Gasteiger partial charge in [-0.15, -0.1) is 0 Å². The molecule has 4 heteroatoms. The summed E-state index contributed by atoms with van der Waals surface area (Å²) in [6.45, 7) is 10.6. The number of unbranched alkanes of at least 4 members (excludes halogenated alkanes) is 1. The Hall–Kier alpha value is -2.23. The lowest BCUT2D eigenvalue weighted by Crippen LogP contribution is -2.39. The van der Waals surface area contributed by atoms with Crippen molar-refractivity contribution in [2.45, 2.75) is 66.2 Å². The first-order valence-corrected chi connectivity index (χ1v) is 10.3. The molecule has 0 N–H and O–H groups in total. The predicted molar refractivity (Wildman–Crippen MR) is 111 cm³/mol. The van der Waals surface area contributed by atoms with Crippen LogP contribution in [0, 0.1) is 18.3 Å². The molecular formula is C24H31NO3. The quantitative estimate of drug-likeness (QED) is 0.523. The van der Waals surface area contributed by atoms with E-state index in [0.29, 0.717) is 18.6 Å². The number of carbonyl (C=O) groups is 2. The average molecular weight is 382 g/mol. The summed E-state index contributed by atoms with van der Waals surface area (Å²) in [4.78, 5) is 30.9. The second-order valence-corrected chi connectivity index (χ2v) is 8.94. The number of ketones is 1. The second-order valence-electron chi connectivity index (χ2n) is 8.94. The molecule has 1 aromatic carbocycles. The standard InChI is InChI=1S/C24H31NO3/c1-6-7-12-28-23(27)20-16(3)25-18-13-24(4,5)14-19(26)22(18)21(20)17-10-8-15(2)9-11-17/h8-11,20-21H,6-7,12-14H2,1-5H3/t20?,21-/m1/s1. The van der Waals surface area contributed by atoms with E-state index in [9.17, 15) is 9.59 Å². The minimum absolute atomic E-state index is 0.105. The Labute approximate surface area is 168 Å². The second kappa shape index (κ2) is 8.02. The molecule has 1 aliphatic heterocycles. The van der Waals surface area contributed by atoms with E-state index in [2.05, 4.69) is 20.8 Å². The van der Waals surface area contributed by atoms with Crippen molar-refractivity contribution in [1.29, 1.82) is 0 Å². The minimum atomic E-state index is -0.538.